The van der Waals surface area contributed by atoms with Gasteiger partial charge < -0.3 is 21.2 Å². The van der Waals surface area contributed by atoms with Crippen molar-refractivity contribution < 1.29 is 27.6 Å². The van der Waals surface area contributed by atoms with Gasteiger partial charge >= 0.3 is 5.97 Å². The van der Waals surface area contributed by atoms with E-state index >= 15 is 0 Å². The van der Waals surface area contributed by atoms with Crippen LogP contribution in [0.15, 0.2) is 0 Å². The fourth-order valence-corrected chi connectivity index (χ4v) is 6.13. The molecule has 0 aromatic heterocycles. The number of hydrogen-bond acceptors (Lipinski definition) is 9. The molecule has 0 aliphatic carbocycles. The number of piperazine rings is 1. The quantitative estimate of drug-likeness (QED) is 0.339. The van der Waals surface area contributed by atoms with E-state index in [9.17, 15) is 22.8 Å². The van der Waals surface area contributed by atoms with Crippen LogP contribution >= 0.6 is 0 Å². The van der Waals surface area contributed by atoms with Crippen LogP contribution in [0.25, 0.3) is 0 Å². The van der Waals surface area contributed by atoms with E-state index in [1.165, 1.54) is 9.96 Å². The highest BCUT2D eigenvalue weighted by Crippen LogP contribution is 2.33. The normalized spacial score (nSPS) is 24.0. The predicted molar refractivity (Wildman–Crippen MR) is 127 cm³/mol. The smallest absolute Gasteiger partial charge is 0.326 e. The van der Waals surface area contributed by atoms with Crippen LogP contribution < -0.4 is 11.5 Å². The van der Waals surface area contributed by atoms with Crippen molar-refractivity contribution in [2.45, 2.75) is 77.9 Å². The summed E-state index contributed by atoms with van der Waals surface area (Å²) in [6, 6.07) is -0.985. The minimum Gasteiger partial charge on any atom is -0.366 e. The maximum Gasteiger partial charge on any atom is 0.326 e. The second-order valence-corrected chi connectivity index (χ2v) is 11.5. The van der Waals surface area contributed by atoms with Crippen molar-refractivity contribution in [2.24, 2.45) is 23.3 Å². The number of hydrogen-bond donors (Lipinski definition) is 2. The van der Waals surface area contributed by atoms with Crippen LogP contribution in [0.4, 0.5) is 0 Å². The van der Waals surface area contributed by atoms with Crippen LogP contribution in [0.2, 0.25) is 0 Å². The van der Waals surface area contributed by atoms with E-state index in [4.69, 9.17) is 16.3 Å². The Balaban J connectivity index is 2.45. The molecule has 3 atom stereocenters. The molecule has 2 heterocycles. The monoisotopic (exact) mass is 503 g/mol. The highest BCUT2D eigenvalue weighted by Gasteiger charge is 2.53. The third-order valence-corrected chi connectivity index (χ3v) is 8.01. The fourth-order valence-electron chi connectivity index (χ4n) is 4.58. The first-order valence-electron chi connectivity index (χ1n) is 12.3. The van der Waals surface area contributed by atoms with Gasteiger partial charge in [-0.25, -0.2) is 12.7 Å². The van der Waals surface area contributed by atoms with Crippen LogP contribution in [0, 0.1) is 11.8 Å². The summed E-state index contributed by atoms with van der Waals surface area (Å²) in [7, 11) is -3.90. The average Bonchev–Trinajstić information content (AvgIpc) is 2.75. The number of unbranched alkanes of at least 4 members (excludes halogenated alkanes) is 2. The molecule has 2 amide bonds. The molecule has 12 heteroatoms. The van der Waals surface area contributed by atoms with Gasteiger partial charge in [-0.3, -0.25) is 14.4 Å². The first-order chi connectivity index (χ1) is 16.1. The zero-order chi connectivity index (χ0) is 25.5. The first kappa shape index (κ1) is 28.5. The summed E-state index contributed by atoms with van der Waals surface area (Å²) in [4.78, 5) is 46.3. The lowest BCUT2D eigenvalue weighted by molar-refractivity contribution is -0.246. The molecule has 2 fully saturated rings. The number of fused-ring (bicyclic) bond motifs is 1. The predicted octanol–water partition coefficient (Wildman–Crippen LogP) is 0.396. The van der Waals surface area contributed by atoms with E-state index in [2.05, 4.69) is 0 Å². The number of sulfonamides is 1. The minimum absolute atomic E-state index is 0.0133. The van der Waals surface area contributed by atoms with E-state index in [-0.39, 0.29) is 50.1 Å². The fraction of sp³-hybridized carbons (Fsp3) is 0.864. The molecule has 2 saturated heterocycles. The molecule has 2 aliphatic heterocycles. The number of nitrogens with zero attached hydrogens (tertiary/aromatic N) is 3. The third kappa shape index (κ3) is 6.89. The summed E-state index contributed by atoms with van der Waals surface area (Å²) in [6.07, 6.45) is 2.33. The van der Waals surface area contributed by atoms with Gasteiger partial charge in [0.05, 0.1) is 24.6 Å². The van der Waals surface area contributed by atoms with Crippen molar-refractivity contribution in [1.29, 1.82) is 0 Å². The Morgan fingerprint density at radius 2 is 1.79 bits per heavy atom. The summed E-state index contributed by atoms with van der Waals surface area (Å²) in [5, 5.41) is 1.38. The van der Waals surface area contributed by atoms with E-state index in [1.807, 2.05) is 20.8 Å². The lowest BCUT2D eigenvalue weighted by atomic mass is 9.91. The molecular weight excluding hydrogens is 462 g/mol. The van der Waals surface area contributed by atoms with Gasteiger partial charge in [-0.1, -0.05) is 33.6 Å². The second kappa shape index (κ2) is 12.8. The molecule has 0 spiro atoms. The molecule has 2 rings (SSSR count). The maximum absolute atomic E-state index is 13.5. The van der Waals surface area contributed by atoms with E-state index in [0.717, 1.165) is 17.1 Å². The molecule has 0 radical (unpaired) electrons. The van der Waals surface area contributed by atoms with Gasteiger partial charge in [-0.2, -0.15) is 0 Å². The summed E-state index contributed by atoms with van der Waals surface area (Å²) >= 11 is 0. The van der Waals surface area contributed by atoms with Gasteiger partial charge in [0.15, 0.2) is 0 Å². The highest BCUT2D eigenvalue weighted by molar-refractivity contribution is 7.89. The van der Waals surface area contributed by atoms with Gasteiger partial charge in [0.2, 0.25) is 15.9 Å². The molecule has 4 N–H and O–H groups in total. The van der Waals surface area contributed by atoms with Crippen LogP contribution in [0.1, 0.15) is 65.7 Å². The summed E-state index contributed by atoms with van der Waals surface area (Å²) in [5.74, 6) is -1.84. The largest absolute Gasteiger partial charge is 0.366 e. The van der Waals surface area contributed by atoms with Crippen molar-refractivity contribution >= 4 is 27.8 Å². The number of rotatable bonds is 13. The second-order valence-electron chi connectivity index (χ2n) is 9.49. The van der Waals surface area contributed by atoms with Crippen LogP contribution in [0.5, 0.6) is 0 Å². The molecule has 196 valence electrons. The Hall–Kier alpha value is -1.76. The molecule has 34 heavy (non-hydrogen) atoms. The van der Waals surface area contributed by atoms with Gasteiger partial charge in [0.1, 0.15) is 12.2 Å². The lowest BCUT2D eigenvalue weighted by Gasteiger charge is -2.52. The van der Waals surface area contributed by atoms with Crippen molar-refractivity contribution in [1.82, 2.24) is 14.3 Å². The Morgan fingerprint density at radius 3 is 2.38 bits per heavy atom. The van der Waals surface area contributed by atoms with Crippen molar-refractivity contribution in [3.63, 3.8) is 0 Å². The SMILES string of the molecule is CCCCCS(=O)(=O)N1CC2N(OC(=O)CCN)CC(CC(C)C)C(=O)N2C(CCCN)C1=O. The van der Waals surface area contributed by atoms with E-state index in [0.29, 0.717) is 25.8 Å². The number of carbonyl (C=O) groups is 3. The maximum atomic E-state index is 13.5. The van der Waals surface area contributed by atoms with Gasteiger partial charge in [0.25, 0.3) is 5.91 Å². The number of amides is 2. The number of carbonyl (C=O) groups excluding carboxylic acids is 3. The van der Waals surface area contributed by atoms with Gasteiger partial charge in [-0.05, 0) is 38.1 Å². The Labute approximate surface area is 203 Å². The lowest BCUT2D eigenvalue weighted by Crippen LogP contribution is -2.73. The summed E-state index contributed by atoms with van der Waals surface area (Å²) < 4.78 is 27.1. The molecule has 11 nitrogen and oxygen atoms in total. The highest BCUT2D eigenvalue weighted by atomic mass is 32.2. The molecular formula is C22H41N5O6S. The summed E-state index contributed by atoms with van der Waals surface area (Å²) in [6.45, 7) is 6.20. The van der Waals surface area contributed by atoms with Gasteiger partial charge in [0, 0.05) is 13.1 Å². The Kier molecular flexibility index (Phi) is 10.7. The van der Waals surface area contributed by atoms with Crippen LogP contribution in [-0.2, 0) is 29.2 Å². The van der Waals surface area contributed by atoms with Crippen LogP contribution in [0.3, 0.4) is 0 Å². The van der Waals surface area contributed by atoms with Crippen molar-refractivity contribution in [3.05, 3.63) is 0 Å². The molecule has 0 saturated carbocycles. The first-order valence-corrected chi connectivity index (χ1v) is 13.9. The van der Waals surface area contributed by atoms with Crippen molar-refractivity contribution in [2.75, 3.05) is 31.9 Å². The number of hydroxylamine groups is 2. The van der Waals surface area contributed by atoms with Crippen molar-refractivity contribution in [3.8, 4) is 0 Å². The zero-order valence-electron chi connectivity index (χ0n) is 20.6. The third-order valence-electron chi connectivity index (χ3n) is 6.20. The minimum atomic E-state index is -3.90. The van der Waals surface area contributed by atoms with E-state index in [1.54, 1.807) is 0 Å². The topological polar surface area (TPSA) is 156 Å². The van der Waals surface area contributed by atoms with Crippen LogP contribution in [-0.4, -0.2) is 84.6 Å². The Bertz CT molecular complexity index is 821. The van der Waals surface area contributed by atoms with E-state index < -0.39 is 40.0 Å². The molecule has 3 unspecified atom stereocenters. The molecule has 0 bridgehead atoms. The average molecular weight is 504 g/mol. The zero-order valence-corrected chi connectivity index (χ0v) is 21.5. The standard InChI is InChI=1S/C22H41N5O6S/c1-4-5-6-12-34(31,32)26-15-19-25(33-20(28)9-11-24)14-17(13-16(2)3)21(29)27(19)18(22(26)30)8-7-10-23/h16-19H,4-15,23-24H2,1-3H3. The molecule has 0 aromatic rings. The number of nitrogens with two attached hydrogens (primary N) is 2. The summed E-state index contributed by atoms with van der Waals surface area (Å²) in [5.41, 5.74) is 11.2. The molecule has 0 aromatic carbocycles. The Morgan fingerprint density at radius 1 is 1.09 bits per heavy atom. The molecule has 2 aliphatic rings. The van der Waals surface area contributed by atoms with Gasteiger partial charge in [-0.15, -0.1) is 5.06 Å².